The molecule has 0 saturated carbocycles. The van der Waals surface area contributed by atoms with Crippen molar-refractivity contribution in [3.8, 4) is 5.75 Å². The summed E-state index contributed by atoms with van der Waals surface area (Å²) in [4.78, 5) is 25.4. The highest BCUT2D eigenvalue weighted by Crippen LogP contribution is 2.30. The predicted octanol–water partition coefficient (Wildman–Crippen LogP) is 2.93. The van der Waals surface area contributed by atoms with E-state index in [-0.39, 0.29) is 18.5 Å². The Balaban J connectivity index is 1.48. The number of fused-ring (bicyclic) bond motifs is 2. The van der Waals surface area contributed by atoms with Gasteiger partial charge >= 0.3 is 6.03 Å². The third kappa shape index (κ3) is 3.18. The molecule has 0 bridgehead atoms. The molecule has 1 atom stereocenters. The molecule has 1 unspecified atom stereocenters. The Morgan fingerprint density at radius 3 is 3.00 bits per heavy atom. The topological polar surface area (TPSA) is 108 Å². The summed E-state index contributed by atoms with van der Waals surface area (Å²) >= 11 is 0. The summed E-state index contributed by atoms with van der Waals surface area (Å²) in [6.07, 6.45) is 3.66. The Kier molecular flexibility index (Phi) is 4.24. The minimum Gasteiger partial charge on any atom is -0.489 e. The lowest BCUT2D eigenvalue weighted by molar-refractivity contribution is -0.113. The van der Waals surface area contributed by atoms with Gasteiger partial charge in [0.25, 0.3) is 5.91 Å². The maximum absolute atomic E-state index is 13.2. The number of H-pyrrole nitrogens is 1. The molecule has 8 heteroatoms. The van der Waals surface area contributed by atoms with Crippen LogP contribution in [0.4, 0.5) is 10.5 Å². The Morgan fingerprint density at radius 2 is 2.10 bits per heavy atom. The smallest absolute Gasteiger partial charge is 0.319 e. The van der Waals surface area contributed by atoms with Crippen molar-refractivity contribution in [1.29, 1.82) is 0 Å². The Bertz CT molecular complexity index is 1240. The monoisotopic (exact) mass is 401 g/mol. The molecule has 4 N–H and O–H groups in total. The van der Waals surface area contributed by atoms with Crippen molar-refractivity contribution in [3.05, 3.63) is 71.1 Å². The summed E-state index contributed by atoms with van der Waals surface area (Å²) in [6, 6.07) is 12.2. The minimum atomic E-state index is -0.593. The fourth-order valence-corrected chi connectivity index (χ4v) is 3.79. The molecule has 3 amide bonds. The van der Waals surface area contributed by atoms with Crippen molar-refractivity contribution in [3.63, 3.8) is 0 Å². The van der Waals surface area contributed by atoms with E-state index in [1.54, 1.807) is 19.2 Å². The number of benzene rings is 2. The number of carbonyl (C=O) groups is 2. The van der Waals surface area contributed by atoms with Gasteiger partial charge in [0.2, 0.25) is 0 Å². The van der Waals surface area contributed by atoms with Crippen molar-refractivity contribution in [1.82, 2.24) is 20.8 Å². The number of anilines is 1. The third-order valence-electron chi connectivity index (χ3n) is 5.24. The number of urea groups is 1. The molecule has 30 heavy (non-hydrogen) atoms. The van der Waals surface area contributed by atoms with Gasteiger partial charge in [0, 0.05) is 22.3 Å². The lowest BCUT2D eigenvalue weighted by Crippen LogP contribution is -2.52. The van der Waals surface area contributed by atoms with Crippen molar-refractivity contribution in [2.75, 3.05) is 11.9 Å². The van der Waals surface area contributed by atoms with Gasteiger partial charge in [0.1, 0.15) is 12.4 Å². The van der Waals surface area contributed by atoms with Crippen LogP contribution in [0.15, 0.2) is 65.5 Å². The first kappa shape index (κ1) is 18.0. The minimum absolute atomic E-state index is 0.285. The second-order valence-corrected chi connectivity index (χ2v) is 7.24. The van der Waals surface area contributed by atoms with Crippen LogP contribution in [0, 0.1) is 0 Å². The van der Waals surface area contributed by atoms with Crippen LogP contribution in [0.5, 0.6) is 5.75 Å². The lowest BCUT2D eigenvalue weighted by Gasteiger charge is -2.31. The average Bonchev–Trinajstić information content (AvgIpc) is 3.20. The zero-order valence-corrected chi connectivity index (χ0v) is 16.2. The molecule has 0 spiro atoms. The molecule has 8 nitrogen and oxygen atoms in total. The predicted molar refractivity (Wildman–Crippen MR) is 113 cm³/mol. The van der Waals surface area contributed by atoms with E-state index in [1.807, 2.05) is 42.5 Å². The summed E-state index contributed by atoms with van der Waals surface area (Å²) in [6.45, 7) is 2.01. The summed E-state index contributed by atoms with van der Waals surface area (Å²) in [5.74, 6) is 0.481. The molecule has 0 saturated heterocycles. The maximum Gasteiger partial charge on any atom is 0.319 e. The first-order valence-corrected chi connectivity index (χ1v) is 9.53. The number of nitrogens with one attached hydrogen (secondary N) is 4. The summed E-state index contributed by atoms with van der Waals surface area (Å²) in [5, 5.41) is 16.3. The van der Waals surface area contributed by atoms with Crippen LogP contribution < -0.4 is 20.7 Å². The average molecular weight is 401 g/mol. The van der Waals surface area contributed by atoms with E-state index in [0.29, 0.717) is 17.0 Å². The van der Waals surface area contributed by atoms with Gasteiger partial charge in [-0.2, -0.15) is 5.10 Å². The van der Waals surface area contributed by atoms with Gasteiger partial charge in [-0.1, -0.05) is 18.2 Å². The van der Waals surface area contributed by atoms with Gasteiger partial charge in [-0.15, -0.1) is 0 Å². The molecule has 3 heterocycles. The number of aromatic nitrogens is 2. The number of aromatic amines is 1. The van der Waals surface area contributed by atoms with Crippen LogP contribution >= 0.6 is 0 Å². The van der Waals surface area contributed by atoms with Crippen LogP contribution in [0.25, 0.3) is 17.0 Å². The second kappa shape index (κ2) is 7.07. The largest absolute Gasteiger partial charge is 0.489 e. The molecular formula is C22H19N5O3. The molecule has 0 aliphatic carbocycles. The van der Waals surface area contributed by atoms with Gasteiger partial charge in [-0.05, 0) is 42.8 Å². The lowest BCUT2D eigenvalue weighted by atomic mass is 9.92. The molecule has 0 radical (unpaired) electrons. The van der Waals surface area contributed by atoms with E-state index >= 15 is 0 Å². The highest BCUT2D eigenvalue weighted by atomic mass is 16.5. The van der Waals surface area contributed by atoms with E-state index in [2.05, 4.69) is 26.1 Å². The van der Waals surface area contributed by atoms with E-state index < -0.39 is 6.04 Å². The van der Waals surface area contributed by atoms with Gasteiger partial charge in [0.15, 0.2) is 0 Å². The van der Waals surface area contributed by atoms with E-state index in [0.717, 1.165) is 27.8 Å². The van der Waals surface area contributed by atoms with Gasteiger partial charge in [0.05, 0.1) is 23.3 Å². The van der Waals surface area contributed by atoms with Crippen molar-refractivity contribution < 1.29 is 14.3 Å². The van der Waals surface area contributed by atoms with Crippen LogP contribution in [0.1, 0.15) is 12.5 Å². The number of ether oxygens (including phenoxy) is 1. The number of hydrogen-bond acceptors (Lipinski definition) is 4. The molecular weight excluding hydrogens is 382 g/mol. The standard InChI is InChI=1S/C22H19N5O3/c1-12-19(21(28)25-16-6-7-17-14(9-16)10-23-27-17)20(26-22(29)24-12)15-8-13-4-2-3-5-18(13)30-11-15/h2-10,20H,11H2,1H3,(H,23,27)(H,25,28)(H2,24,26,29). The van der Waals surface area contributed by atoms with Crippen LogP contribution in [-0.4, -0.2) is 34.8 Å². The Morgan fingerprint density at radius 1 is 1.23 bits per heavy atom. The molecule has 2 aliphatic heterocycles. The summed E-state index contributed by atoms with van der Waals surface area (Å²) in [5.41, 5.74) is 4.19. The molecule has 3 aromatic rings. The number of para-hydroxylation sites is 1. The Labute approximate surface area is 172 Å². The molecule has 1 aromatic heterocycles. The summed E-state index contributed by atoms with van der Waals surface area (Å²) < 4.78 is 5.84. The van der Waals surface area contributed by atoms with Crippen LogP contribution in [0.2, 0.25) is 0 Å². The molecule has 2 aromatic carbocycles. The Hall–Kier alpha value is -4.07. The fourth-order valence-electron chi connectivity index (χ4n) is 3.79. The molecule has 150 valence electrons. The second-order valence-electron chi connectivity index (χ2n) is 7.24. The highest BCUT2D eigenvalue weighted by molar-refractivity contribution is 6.08. The van der Waals surface area contributed by atoms with E-state index in [1.165, 1.54) is 0 Å². The third-order valence-corrected chi connectivity index (χ3v) is 5.24. The maximum atomic E-state index is 13.2. The first-order chi connectivity index (χ1) is 14.6. The van der Waals surface area contributed by atoms with Crippen LogP contribution in [-0.2, 0) is 4.79 Å². The summed E-state index contributed by atoms with van der Waals surface area (Å²) in [7, 11) is 0. The van der Waals surface area contributed by atoms with Gasteiger partial charge < -0.3 is 20.7 Å². The number of allylic oxidation sites excluding steroid dienone is 1. The van der Waals surface area contributed by atoms with Gasteiger partial charge in [-0.25, -0.2) is 4.79 Å². The van der Waals surface area contributed by atoms with Crippen molar-refractivity contribution in [2.24, 2.45) is 0 Å². The number of hydrogen-bond donors (Lipinski definition) is 4. The van der Waals surface area contributed by atoms with E-state index in [9.17, 15) is 9.59 Å². The first-order valence-electron chi connectivity index (χ1n) is 9.53. The van der Waals surface area contributed by atoms with Crippen LogP contribution in [0.3, 0.4) is 0 Å². The molecule has 0 fully saturated rings. The van der Waals surface area contributed by atoms with E-state index in [4.69, 9.17) is 4.74 Å². The molecule has 5 rings (SSSR count). The van der Waals surface area contributed by atoms with Crippen molar-refractivity contribution in [2.45, 2.75) is 13.0 Å². The zero-order chi connectivity index (χ0) is 20.7. The number of nitrogens with zero attached hydrogens (tertiary/aromatic N) is 1. The SMILES string of the molecule is CC1=C(C(=O)Nc2ccc3[nH]ncc3c2)C(C2=Cc3ccccc3OC2)NC(=O)N1. The van der Waals surface area contributed by atoms with Crippen molar-refractivity contribution >= 4 is 34.6 Å². The fraction of sp³-hybridized carbons (Fsp3) is 0.136. The quantitative estimate of drug-likeness (QED) is 0.541. The number of carbonyl (C=O) groups excluding carboxylic acids is 2. The van der Waals surface area contributed by atoms with Gasteiger partial charge in [-0.3, -0.25) is 9.89 Å². The highest BCUT2D eigenvalue weighted by Gasteiger charge is 2.33. The number of amides is 3. The zero-order valence-electron chi connectivity index (χ0n) is 16.2. The number of rotatable bonds is 3. The molecule has 2 aliphatic rings. The normalized spacial score (nSPS) is 18.1.